The van der Waals surface area contributed by atoms with E-state index in [0.717, 1.165) is 21.5 Å². The molecule has 27 heavy (non-hydrogen) atoms. The predicted octanol–water partition coefficient (Wildman–Crippen LogP) is 5.84. The molecule has 3 aromatic rings. The van der Waals surface area contributed by atoms with Crippen molar-refractivity contribution in [1.82, 2.24) is 4.98 Å². The van der Waals surface area contributed by atoms with Crippen molar-refractivity contribution in [2.45, 2.75) is 33.3 Å². The number of halogens is 1. The number of hydrogen-bond donors (Lipinski definition) is 1. The standard InChI is InChI=1S/C21H21BrN2O2S/c1-13(2)26-18-10-5-4-9-17(18)20(25)24-21-23-14(3)19(27-21)12-15-7-6-8-16(22)11-15/h4-11,13H,12H2,1-3H3,(H,23,24,25). The third kappa shape index (κ3) is 5.17. The lowest BCUT2D eigenvalue weighted by atomic mass is 10.1. The largest absolute Gasteiger partial charge is 0.490 e. The molecule has 6 heteroatoms. The number of carbonyl (C=O) groups is 1. The van der Waals surface area contributed by atoms with Gasteiger partial charge in [-0.2, -0.15) is 0 Å². The van der Waals surface area contributed by atoms with Crippen LogP contribution >= 0.6 is 27.3 Å². The molecule has 0 fully saturated rings. The van der Waals surface area contributed by atoms with Gasteiger partial charge in [0, 0.05) is 15.8 Å². The number of nitrogens with zero attached hydrogens (tertiary/aromatic N) is 1. The monoisotopic (exact) mass is 444 g/mol. The molecule has 0 atom stereocenters. The lowest BCUT2D eigenvalue weighted by Gasteiger charge is -2.13. The number of hydrogen-bond acceptors (Lipinski definition) is 4. The van der Waals surface area contributed by atoms with E-state index >= 15 is 0 Å². The molecule has 0 saturated heterocycles. The van der Waals surface area contributed by atoms with Gasteiger partial charge >= 0.3 is 0 Å². The molecule has 1 heterocycles. The fourth-order valence-electron chi connectivity index (χ4n) is 2.65. The van der Waals surface area contributed by atoms with Crippen molar-refractivity contribution in [2.75, 3.05) is 5.32 Å². The van der Waals surface area contributed by atoms with Crippen LogP contribution in [0.15, 0.2) is 53.0 Å². The first kappa shape index (κ1) is 19.6. The quantitative estimate of drug-likeness (QED) is 0.518. The highest BCUT2D eigenvalue weighted by atomic mass is 79.9. The summed E-state index contributed by atoms with van der Waals surface area (Å²) >= 11 is 5.00. The number of aryl methyl sites for hydroxylation is 1. The first-order valence-corrected chi connectivity index (χ1v) is 10.3. The van der Waals surface area contributed by atoms with Gasteiger partial charge in [-0.25, -0.2) is 4.98 Å². The number of aromatic nitrogens is 1. The molecule has 0 saturated carbocycles. The van der Waals surface area contributed by atoms with Crippen molar-refractivity contribution in [3.63, 3.8) is 0 Å². The number of thiazole rings is 1. The van der Waals surface area contributed by atoms with Crippen LogP contribution in [0, 0.1) is 6.92 Å². The zero-order valence-corrected chi connectivity index (χ0v) is 17.9. The summed E-state index contributed by atoms with van der Waals surface area (Å²) in [6.45, 7) is 5.84. The summed E-state index contributed by atoms with van der Waals surface area (Å²) in [6, 6.07) is 15.5. The van der Waals surface area contributed by atoms with Crippen LogP contribution in [0.3, 0.4) is 0 Å². The highest BCUT2D eigenvalue weighted by molar-refractivity contribution is 9.10. The van der Waals surface area contributed by atoms with Crippen molar-refractivity contribution in [2.24, 2.45) is 0 Å². The van der Waals surface area contributed by atoms with Crippen LogP contribution in [0.5, 0.6) is 5.75 Å². The molecule has 4 nitrogen and oxygen atoms in total. The molecule has 1 aromatic heterocycles. The van der Waals surface area contributed by atoms with Gasteiger partial charge in [-0.1, -0.05) is 40.2 Å². The number of rotatable bonds is 6. The Labute approximate surface area is 171 Å². The minimum Gasteiger partial charge on any atom is -0.490 e. The topological polar surface area (TPSA) is 51.2 Å². The summed E-state index contributed by atoms with van der Waals surface area (Å²) in [5.74, 6) is 0.363. The lowest BCUT2D eigenvalue weighted by molar-refractivity contribution is 0.102. The number of nitrogens with one attached hydrogen (secondary N) is 1. The SMILES string of the molecule is Cc1nc(NC(=O)c2ccccc2OC(C)C)sc1Cc1cccc(Br)c1. The summed E-state index contributed by atoms with van der Waals surface area (Å²) in [5.41, 5.74) is 2.64. The van der Waals surface area contributed by atoms with E-state index in [1.54, 1.807) is 12.1 Å². The molecular formula is C21H21BrN2O2S. The number of carbonyl (C=O) groups excluding carboxylic acids is 1. The molecule has 1 N–H and O–H groups in total. The minimum atomic E-state index is -0.214. The van der Waals surface area contributed by atoms with E-state index in [9.17, 15) is 4.79 Å². The number of ether oxygens (including phenoxy) is 1. The number of benzene rings is 2. The average molecular weight is 445 g/mol. The Bertz CT molecular complexity index is 953. The normalized spacial score (nSPS) is 10.9. The number of amides is 1. The Balaban J connectivity index is 1.76. The molecule has 0 aliphatic carbocycles. The first-order valence-electron chi connectivity index (χ1n) is 8.70. The second kappa shape index (κ2) is 8.67. The van der Waals surface area contributed by atoms with E-state index in [4.69, 9.17) is 4.74 Å². The molecule has 0 aliphatic heterocycles. The zero-order valence-electron chi connectivity index (χ0n) is 15.5. The Morgan fingerprint density at radius 3 is 2.74 bits per heavy atom. The zero-order chi connectivity index (χ0) is 19.4. The summed E-state index contributed by atoms with van der Waals surface area (Å²) in [7, 11) is 0. The lowest BCUT2D eigenvalue weighted by Crippen LogP contribution is -2.15. The summed E-state index contributed by atoms with van der Waals surface area (Å²) in [6.07, 6.45) is 0.782. The fraction of sp³-hybridized carbons (Fsp3) is 0.238. The van der Waals surface area contributed by atoms with E-state index < -0.39 is 0 Å². The van der Waals surface area contributed by atoms with Gasteiger partial charge in [-0.15, -0.1) is 11.3 Å². The summed E-state index contributed by atoms with van der Waals surface area (Å²) < 4.78 is 6.79. The van der Waals surface area contributed by atoms with E-state index in [0.29, 0.717) is 16.4 Å². The van der Waals surface area contributed by atoms with E-state index in [-0.39, 0.29) is 12.0 Å². The van der Waals surface area contributed by atoms with Crippen LogP contribution in [0.1, 0.15) is 40.3 Å². The van der Waals surface area contributed by atoms with Gasteiger partial charge in [0.15, 0.2) is 5.13 Å². The van der Waals surface area contributed by atoms with Crippen molar-refractivity contribution in [1.29, 1.82) is 0 Å². The van der Waals surface area contributed by atoms with E-state index in [1.165, 1.54) is 16.9 Å². The van der Waals surface area contributed by atoms with Crippen LogP contribution in [-0.2, 0) is 6.42 Å². The maximum Gasteiger partial charge on any atom is 0.261 e. The smallest absolute Gasteiger partial charge is 0.261 e. The van der Waals surface area contributed by atoms with Gasteiger partial charge in [0.25, 0.3) is 5.91 Å². The average Bonchev–Trinajstić information content (AvgIpc) is 2.94. The number of para-hydroxylation sites is 1. The Hall–Kier alpha value is -2.18. The van der Waals surface area contributed by atoms with Gasteiger partial charge in [0.2, 0.25) is 0 Å². The van der Waals surface area contributed by atoms with Gasteiger partial charge < -0.3 is 4.74 Å². The Morgan fingerprint density at radius 2 is 2.00 bits per heavy atom. The first-order chi connectivity index (χ1) is 12.9. The highest BCUT2D eigenvalue weighted by Gasteiger charge is 2.16. The van der Waals surface area contributed by atoms with Crippen molar-refractivity contribution in [3.05, 3.63) is 74.7 Å². The maximum absolute atomic E-state index is 12.7. The molecule has 0 bridgehead atoms. The number of anilines is 1. The molecule has 0 spiro atoms. The molecular weight excluding hydrogens is 424 g/mol. The van der Waals surface area contributed by atoms with Crippen LogP contribution in [0.4, 0.5) is 5.13 Å². The van der Waals surface area contributed by atoms with Crippen LogP contribution in [0.2, 0.25) is 0 Å². The molecule has 0 unspecified atom stereocenters. The van der Waals surface area contributed by atoms with Crippen molar-refractivity contribution in [3.8, 4) is 5.75 Å². The summed E-state index contributed by atoms with van der Waals surface area (Å²) in [5, 5.41) is 3.51. The highest BCUT2D eigenvalue weighted by Crippen LogP contribution is 2.27. The molecule has 2 aromatic carbocycles. The molecule has 140 valence electrons. The molecule has 0 radical (unpaired) electrons. The third-order valence-corrected chi connectivity index (χ3v) is 5.43. The molecule has 0 aliphatic rings. The van der Waals surface area contributed by atoms with Crippen molar-refractivity contribution < 1.29 is 9.53 Å². The van der Waals surface area contributed by atoms with E-state index in [2.05, 4.69) is 38.4 Å². The van der Waals surface area contributed by atoms with Gasteiger partial charge in [-0.05, 0) is 50.6 Å². The predicted molar refractivity (Wildman–Crippen MR) is 114 cm³/mol. The van der Waals surface area contributed by atoms with Crippen LogP contribution < -0.4 is 10.1 Å². The maximum atomic E-state index is 12.7. The second-order valence-corrected chi connectivity index (χ2v) is 8.45. The molecule has 3 rings (SSSR count). The second-order valence-electron chi connectivity index (χ2n) is 6.45. The van der Waals surface area contributed by atoms with Crippen LogP contribution in [0.25, 0.3) is 0 Å². The minimum absolute atomic E-state index is 0.00198. The van der Waals surface area contributed by atoms with Gasteiger partial charge in [0.1, 0.15) is 5.75 Å². The third-order valence-electron chi connectivity index (χ3n) is 3.86. The fourth-order valence-corrected chi connectivity index (χ4v) is 4.09. The Kier molecular flexibility index (Phi) is 6.29. The van der Waals surface area contributed by atoms with Gasteiger partial charge in [0.05, 0.1) is 17.4 Å². The van der Waals surface area contributed by atoms with Crippen molar-refractivity contribution >= 4 is 38.3 Å². The van der Waals surface area contributed by atoms with Crippen LogP contribution in [-0.4, -0.2) is 17.0 Å². The van der Waals surface area contributed by atoms with Gasteiger partial charge in [-0.3, -0.25) is 10.1 Å². The summed E-state index contributed by atoms with van der Waals surface area (Å²) in [4.78, 5) is 18.4. The Morgan fingerprint density at radius 1 is 1.22 bits per heavy atom. The molecule has 1 amide bonds. The van der Waals surface area contributed by atoms with E-state index in [1.807, 2.05) is 45.0 Å².